The molecule has 1 N–H and O–H groups in total. The Morgan fingerprint density at radius 1 is 0.500 bits per heavy atom. The maximum Gasteiger partial charge on any atom is 0.472 e. The molecular formula is C28H60NO4P. The lowest BCUT2D eigenvalue weighted by atomic mass is 10.1. The highest BCUT2D eigenvalue weighted by Crippen LogP contribution is 2.43. The zero-order chi connectivity index (χ0) is 25.2. The summed E-state index contributed by atoms with van der Waals surface area (Å²) in [7, 11) is -3.88. The van der Waals surface area contributed by atoms with Crippen molar-refractivity contribution in [1.82, 2.24) is 4.90 Å². The molecule has 5 nitrogen and oxygen atoms in total. The number of phosphoric ester groups is 1. The summed E-state index contributed by atoms with van der Waals surface area (Å²) in [6.07, 6.45) is 24.6. The van der Waals surface area contributed by atoms with Gasteiger partial charge in [0.2, 0.25) is 0 Å². The van der Waals surface area contributed by atoms with E-state index in [4.69, 9.17) is 9.05 Å². The molecule has 0 bridgehead atoms. The van der Waals surface area contributed by atoms with Crippen molar-refractivity contribution in [3.8, 4) is 0 Å². The van der Waals surface area contributed by atoms with E-state index < -0.39 is 7.82 Å². The number of nitrogens with zero attached hydrogens (tertiary/aromatic N) is 1. The molecule has 0 aliphatic carbocycles. The number of phosphoric acid groups is 1. The second kappa shape index (κ2) is 26.1. The van der Waals surface area contributed by atoms with Gasteiger partial charge in [-0.2, -0.15) is 0 Å². The third kappa shape index (κ3) is 25.2. The van der Waals surface area contributed by atoms with Gasteiger partial charge in [-0.1, -0.05) is 111 Å². The second-order valence-electron chi connectivity index (χ2n) is 9.99. The first kappa shape index (κ1) is 34.1. The van der Waals surface area contributed by atoms with E-state index >= 15 is 0 Å². The molecule has 0 amide bonds. The highest BCUT2D eigenvalue weighted by atomic mass is 31.2. The van der Waals surface area contributed by atoms with Crippen LogP contribution >= 0.6 is 7.82 Å². The molecule has 0 aromatic rings. The molecule has 0 heterocycles. The fraction of sp³-hybridized carbons (Fsp3) is 1.00. The summed E-state index contributed by atoms with van der Waals surface area (Å²) >= 11 is 0. The predicted octanol–water partition coefficient (Wildman–Crippen LogP) is 9.28. The molecule has 0 rings (SSSR count). The van der Waals surface area contributed by atoms with Crippen LogP contribution in [0.15, 0.2) is 0 Å². The van der Waals surface area contributed by atoms with Crippen LogP contribution < -0.4 is 0 Å². The van der Waals surface area contributed by atoms with Crippen molar-refractivity contribution in [1.29, 1.82) is 0 Å². The van der Waals surface area contributed by atoms with Gasteiger partial charge < -0.3 is 9.79 Å². The van der Waals surface area contributed by atoms with Gasteiger partial charge in [0.1, 0.15) is 0 Å². The van der Waals surface area contributed by atoms with E-state index in [2.05, 4.69) is 25.7 Å². The third-order valence-corrected chi connectivity index (χ3v) is 7.55. The molecule has 0 aromatic heterocycles. The smallest absolute Gasteiger partial charge is 0.303 e. The number of unbranched alkanes of at least 4 members (excludes halogenated alkanes) is 16. The molecule has 34 heavy (non-hydrogen) atoms. The summed E-state index contributed by atoms with van der Waals surface area (Å²) in [5, 5.41) is 0. The molecule has 6 heteroatoms. The SMILES string of the molecule is CCCCCCCCN(CCCCCCCC)CCCCCOP(=O)(O)OCCCCCCC. The van der Waals surface area contributed by atoms with Crippen LogP contribution in [0, 0.1) is 0 Å². The van der Waals surface area contributed by atoms with Crippen molar-refractivity contribution in [3.05, 3.63) is 0 Å². The van der Waals surface area contributed by atoms with E-state index in [0.717, 1.165) is 45.1 Å². The maximum atomic E-state index is 12.0. The normalized spacial score (nSPS) is 13.6. The Morgan fingerprint density at radius 2 is 0.794 bits per heavy atom. The van der Waals surface area contributed by atoms with Gasteiger partial charge in [-0.25, -0.2) is 4.57 Å². The molecule has 0 aliphatic rings. The van der Waals surface area contributed by atoms with Crippen molar-refractivity contribution in [2.75, 3.05) is 32.8 Å². The minimum absolute atomic E-state index is 0.304. The topological polar surface area (TPSA) is 59.0 Å². The molecule has 0 aliphatic heterocycles. The molecule has 206 valence electrons. The highest BCUT2D eigenvalue weighted by molar-refractivity contribution is 7.47. The molecule has 0 saturated carbocycles. The van der Waals surface area contributed by atoms with Gasteiger partial charge in [0.25, 0.3) is 0 Å². The molecular weight excluding hydrogens is 445 g/mol. The van der Waals surface area contributed by atoms with Crippen LogP contribution in [0.25, 0.3) is 0 Å². The summed E-state index contributed by atoms with van der Waals surface area (Å²) in [5.74, 6) is 0. The summed E-state index contributed by atoms with van der Waals surface area (Å²) in [5.41, 5.74) is 0. The van der Waals surface area contributed by atoms with E-state index in [-0.39, 0.29) is 0 Å². The minimum Gasteiger partial charge on any atom is -0.303 e. The first-order chi connectivity index (χ1) is 16.6. The summed E-state index contributed by atoms with van der Waals surface area (Å²) < 4.78 is 22.2. The van der Waals surface area contributed by atoms with Gasteiger partial charge in [0, 0.05) is 0 Å². The molecule has 1 atom stereocenters. The largest absolute Gasteiger partial charge is 0.472 e. The predicted molar refractivity (Wildman–Crippen MR) is 148 cm³/mol. The van der Waals surface area contributed by atoms with Gasteiger partial charge >= 0.3 is 7.82 Å². The van der Waals surface area contributed by atoms with E-state index in [1.807, 2.05) is 0 Å². The van der Waals surface area contributed by atoms with Gasteiger partial charge in [-0.05, 0) is 58.2 Å². The number of hydrogen-bond acceptors (Lipinski definition) is 4. The van der Waals surface area contributed by atoms with E-state index in [1.165, 1.54) is 103 Å². The quantitative estimate of drug-likeness (QED) is 0.0848. The van der Waals surface area contributed by atoms with Gasteiger partial charge in [-0.15, -0.1) is 0 Å². The van der Waals surface area contributed by atoms with Crippen LogP contribution in [0.4, 0.5) is 0 Å². The molecule has 0 fully saturated rings. The van der Waals surface area contributed by atoms with Crippen LogP contribution in [-0.4, -0.2) is 42.6 Å². The summed E-state index contributed by atoms with van der Waals surface area (Å²) in [4.78, 5) is 12.5. The van der Waals surface area contributed by atoms with E-state index in [0.29, 0.717) is 13.2 Å². The average molecular weight is 506 g/mol. The van der Waals surface area contributed by atoms with Crippen LogP contribution in [0.2, 0.25) is 0 Å². The molecule has 0 aromatic carbocycles. The van der Waals surface area contributed by atoms with Gasteiger partial charge in [0.15, 0.2) is 0 Å². The monoisotopic (exact) mass is 505 g/mol. The Balaban J connectivity index is 3.95. The Labute approximate surface area is 213 Å². The fourth-order valence-corrected chi connectivity index (χ4v) is 5.08. The van der Waals surface area contributed by atoms with Crippen LogP contribution in [0.3, 0.4) is 0 Å². The van der Waals surface area contributed by atoms with Crippen molar-refractivity contribution >= 4 is 7.82 Å². The number of rotatable bonds is 28. The third-order valence-electron chi connectivity index (χ3n) is 6.53. The highest BCUT2D eigenvalue weighted by Gasteiger charge is 2.20. The lowest BCUT2D eigenvalue weighted by molar-refractivity contribution is 0.144. The first-order valence-corrected chi connectivity index (χ1v) is 16.4. The molecule has 0 spiro atoms. The van der Waals surface area contributed by atoms with Crippen molar-refractivity contribution in [3.63, 3.8) is 0 Å². The Bertz CT molecular complexity index is 434. The van der Waals surface area contributed by atoms with Crippen LogP contribution in [0.5, 0.6) is 0 Å². The fourth-order valence-electron chi connectivity index (χ4n) is 4.28. The Morgan fingerprint density at radius 3 is 1.18 bits per heavy atom. The van der Waals surface area contributed by atoms with Crippen molar-refractivity contribution in [2.45, 2.75) is 149 Å². The minimum atomic E-state index is -3.88. The summed E-state index contributed by atoms with van der Waals surface area (Å²) in [6, 6.07) is 0. The molecule has 1 unspecified atom stereocenters. The zero-order valence-electron chi connectivity index (χ0n) is 23.2. The second-order valence-corrected chi connectivity index (χ2v) is 11.4. The van der Waals surface area contributed by atoms with E-state index in [1.54, 1.807) is 0 Å². The van der Waals surface area contributed by atoms with Crippen molar-refractivity contribution in [2.24, 2.45) is 0 Å². The standard InChI is InChI=1S/C28H60NO4P/c1-4-7-10-13-15-19-24-29(25-20-16-14-11-8-5-2)26-21-18-23-28-33-34(30,31)32-27-22-17-12-9-6-3/h4-28H2,1-3H3,(H,30,31). The van der Waals surface area contributed by atoms with Crippen molar-refractivity contribution < 1.29 is 18.5 Å². The molecule has 0 saturated heterocycles. The van der Waals surface area contributed by atoms with Gasteiger partial charge in [0.05, 0.1) is 13.2 Å². The molecule has 0 radical (unpaired) electrons. The lowest BCUT2D eigenvalue weighted by Crippen LogP contribution is -2.27. The van der Waals surface area contributed by atoms with Gasteiger partial charge in [-0.3, -0.25) is 9.05 Å². The summed E-state index contributed by atoms with van der Waals surface area (Å²) in [6.45, 7) is 10.9. The maximum absolute atomic E-state index is 12.0. The first-order valence-electron chi connectivity index (χ1n) is 14.9. The van der Waals surface area contributed by atoms with Crippen LogP contribution in [-0.2, 0) is 13.6 Å². The van der Waals surface area contributed by atoms with Crippen LogP contribution in [0.1, 0.15) is 149 Å². The lowest BCUT2D eigenvalue weighted by Gasteiger charge is -2.22. The zero-order valence-corrected chi connectivity index (χ0v) is 24.1. The van der Waals surface area contributed by atoms with E-state index in [9.17, 15) is 9.46 Å². The Kier molecular flexibility index (Phi) is 26.2. The number of hydrogen-bond donors (Lipinski definition) is 1. The average Bonchev–Trinajstić information content (AvgIpc) is 2.82. The Hall–Kier alpha value is 0.0700.